The highest BCUT2D eigenvalue weighted by Crippen LogP contribution is 2.19. The number of ether oxygens (including phenoxy) is 1. The summed E-state index contributed by atoms with van der Waals surface area (Å²) in [6.45, 7) is 3.98. The molecule has 4 nitrogen and oxygen atoms in total. The van der Waals surface area contributed by atoms with Gasteiger partial charge in [0.1, 0.15) is 5.75 Å². The third kappa shape index (κ3) is 5.21. The summed E-state index contributed by atoms with van der Waals surface area (Å²) in [5.41, 5.74) is 5.86. The number of aryl methyl sites for hydroxylation is 2. The Labute approximate surface area is 126 Å². The molecule has 1 aromatic carbocycles. The van der Waals surface area contributed by atoms with Crippen molar-refractivity contribution in [3.63, 3.8) is 0 Å². The van der Waals surface area contributed by atoms with Crippen LogP contribution in [0, 0.1) is 13.8 Å². The molecule has 0 radical (unpaired) electrons. The van der Waals surface area contributed by atoms with Crippen molar-refractivity contribution in [1.29, 1.82) is 0 Å². The fourth-order valence-corrected chi connectivity index (χ4v) is 2.43. The molecule has 0 unspecified atom stereocenters. The lowest BCUT2D eigenvalue weighted by Gasteiger charge is -2.09. The SMILES string of the molecule is Cc1ccc(C)c(OCC(=O)NN=C2CCCCCC2)c1. The van der Waals surface area contributed by atoms with Crippen molar-refractivity contribution in [2.24, 2.45) is 5.10 Å². The predicted molar refractivity (Wildman–Crippen MR) is 84.7 cm³/mol. The van der Waals surface area contributed by atoms with Crippen molar-refractivity contribution in [3.05, 3.63) is 29.3 Å². The lowest BCUT2D eigenvalue weighted by atomic mass is 10.1. The first-order valence-electron chi connectivity index (χ1n) is 7.69. The van der Waals surface area contributed by atoms with E-state index in [1.165, 1.54) is 25.7 Å². The molecule has 0 atom stereocenters. The molecule has 1 N–H and O–H groups in total. The number of nitrogens with one attached hydrogen (secondary N) is 1. The third-order valence-electron chi connectivity index (χ3n) is 3.72. The first-order valence-corrected chi connectivity index (χ1v) is 7.69. The van der Waals surface area contributed by atoms with E-state index in [4.69, 9.17) is 4.74 Å². The molecule has 21 heavy (non-hydrogen) atoms. The molecule has 114 valence electrons. The van der Waals surface area contributed by atoms with Crippen molar-refractivity contribution < 1.29 is 9.53 Å². The summed E-state index contributed by atoms with van der Waals surface area (Å²) in [6, 6.07) is 5.97. The largest absolute Gasteiger partial charge is 0.483 e. The minimum absolute atomic E-state index is 0.00106. The van der Waals surface area contributed by atoms with Gasteiger partial charge < -0.3 is 4.74 Å². The molecule has 0 bridgehead atoms. The van der Waals surface area contributed by atoms with Crippen LogP contribution in [0.4, 0.5) is 0 Å². The van der Waals surface area contributed by atoms with Crippen molar-refractivity contribution in [2.75, 3.05) is 6.61 Å². The molecule has 1 aliphatic rings. The molecule has 0 heterocycles. The molecule has 1 aliphatic carbocycles. The summed E-state index contributed by atoms with van der Waals surface area (Å²) in [5, 5.41) is 4.23. The highest BCUT2D eigenvalue weighted by Gasteiger charge is 2.08. The molecular weight excluding hydrogens is 264 g/mol. The molecule has 1 amide bonds. The number of rotatable bonds is 4. The Morgan fingerprint density at radius 2 is 1.90 bits per heavy atom. The molecule has 1 aromatic rings. The molecular formula is C17H24N2O2. The smallest absolute Gasteiger partial charge is 0.277 e. The second-order valence-corrected chi connectivity index (χ2v) is 5.68. The van der Waals surface area contributed by atoms with Crippen LogP contribution in [0.25, 0.3) is 0 Å². The molecule has 2 rings (SSSR count). The van der Waals surface area contributed by atoms with Gasteiger partial charge in [-0.3, -0.25) is 4.79 Å². The van der Waals surface area contributed by atoms with Gasteiger partial charge in [0.15, 0.2) is 6.61 Å². The molecule has 0 aliphatic heterocycles. The summed E-state index contributed by atoms with van der Waals surface area (Å²) in [4.78, 5) is 11.8. The van der Waals surface area contributed by atoms with Gasteiger partial charge in [-0.1, -0.05) is 25.0 Å². The van der Waals surface area contributed by atoms with Crippen LogP contribution in [-0.4, -0.2) is 18.2 Å². The Morgan fingerprint density at radius 1 is 1.19 bits per heavy atom. The van der Waals surface area contributed by atoms with Crippen LogP contribution in [0.1, 0.15) is 49.7 Å². The van der Waals surface area contributed by atoms with Gasteiger partial charge in [0.05, 0.1) is 0 Å². The van der Waals surface area contributed by atoms with E-state index in [1.54, 1.807) is 0 Å². The Morgan fingerprint density at radius 3 is 2.62 bits per heavy atom. The average Bonchev–Trinajstić information content (AvgIpc) is 2.74. The van der Waals surface area contributed by atoms with Crippen molar-refractivity contribution in [1.82, 2.24) is 5.43 Å². The molecule has 1 saturated carbocycles. The first-order chi connectivity index (χ1) is 10.1. The second kappa shape index (κ2) is 7.81. The van der Waals surface area contributed by atoms with E-state index in [2.05, 4.69) is 10.5 Å². The van der Waals surface area contributed by atoms with Crippen LogP contribution in [0.15, 0.2) is 23.3 Å². The fraction of sp³-hybridized carbons (Fsp3) is 0.529. The van der Waals surface area contributed by atoms with E-state index in [1.807, 2.05) is 32.0 Å². The Kier molecular flexibility index (Phi) is 5.78. The fourth-order valence-electron chi connectivity index (χ4n) is 2.43. The van der Waals surface area contributed by atoms with Gasteiger partial charge in [-0.05, 0) is 56.7 Å². The average molecular weight is 288 g/mol. The van der Waals surface area contributed by atoms with E-state index in [9.17, 15) is 4.79 Å². The van der Waals surface area contributed by atoms with Gasteiger partial charge in [0.25, 0.3) is 5.91 Å². The lowest BCUT2D eigenvalue weighted by Crippen LogP contribution is -2.26. The monoisotopic (exact) mass is 288 g/mol. The first kappa shape index (κ1) is 15.5. The Bertz CT molecular complexity index is 514. The maximum Gasteiger partial charge on any atom is 0.277 e. The minimum atomic E-state index is -0.201. The zero-order chi connectivity index (χ0) is 15.1. The zero-order valence-corrected chi connectivity index (χ0v) is 12.9. The van der Waals surface area contributed by atoms with Gasteiger partial charge in [0.2, 0.25) is 0 Å². The Hall–Kier alpha value is -1.84. The summed E-state index contributed by atoms with van der Waals surface area (Å²) >= 11 is 0. The maximum atomic E-state index is 11.8. The molecule has 4 heteroatoms. The molecule has 1 fully saturated rings. The van der Waals surface area contributed by atoms with Gasteiger partial charge in [-0.25, -0.2) is 5.43 Å². The maximum absolute atomic E-state index is 11.8. The quantitative estimate of drug-likeness (QED) is 0.681. The van der Waals surface area contributed by atoms with E-state index < -0.39 is 0 Å². The molecule has 0 aromatic heterocycles. The Balaban J connectivity index is 1.81. The van der Waals surface area contributed by atoms with Gasteiger partial charge in [0, 0.05) is 5.71 Å². The van der Waals surface area contributed by atoms with Gasteiger partial charge in [-0.15, -0.1) is 0 Å². The van der Waals surface area contributed by atoms with Crippen LogP contribution in [0.5, 0.6) is 5.75 Å². The van der Waals surface area contributed by atoms with Crippen molar-refractivity contribution in [3.8, 4) is 5.75 Å². The normalized spacial score (nSPS) is 15.2. The highest BCUT2D eigenvalue weighted by molar-refractivity contribution is 5.86. The van der Waals surface area contributed by atoms with Crippen LogP contribution in [0.3, 0.4) is 0 Å². The standard InChI is InChI=1S/C17H24N2O2/c1-13-9-10-14(2)16(11-13)21-12-17(20)19-18-15-7-5-3-4-6-8-15/h9-11H,3-8,12H2,1-2H3,(H,19,20). The number of amides is 1. The van der Waals surface area contributed by atoms with Gasteiger partial charge >= 0.3 is 0 Å². The number of carbonyl (C=O) groups excluding carboxylic acids is 1. The summed E-state index contributed by atoms with van der Waals surface area (Å²) in [6.07, 6.45) is 6.88. The van der Waals surface area contributed by atoms with E-state index in [-0.39, 0.29) is 12.5 Å². The minimum Gasteiger partial charge on any atom is -0.483 e. The van der Waals surface area contributed by atoms with E-state index in [0.717, 1.165) is 35.4 Å². The summed E-state index contributed by atoms with van der Waals surface area (Å²) in [7, 11) is 0. The van der Waals surface area contributed by atoms with Crippen LogP contribution >= 0.6 is 0 Å². The number of hydrogen-bond acceptors (Lipinski definition) is 3. The van der Waals surface area contributed by atoms with Crippen molar-refractivity contribution in [2.45, 2.75) is 52.4 Å². The number of hydrogen-bond donors (Lipinski definition) is 1. The molecule has 0 saturated heterocycles. The zero-order valence-electron chi connectivity index (χ0n) is 12.9. The van der Waals surface area contributed by atoms with Gasteiger partial charge in [-0.2, -0.15) is 5.10 Å². The summed E-state index contributed by atoms with van der Waals surface area (Å²) < 4.78 is 5.56. The summed E-state index contributed by atoms with van der Waals surface area (Å²) in [5.74, 6) is 0.555. The van der Waals surface area contributed by atoms with Crippen LogP contribution < -0.4 is 10.2 Å². The second-order valence-electron chi connectivity index (χ2n) is 5.68. The van der Waals surface area contributed by atoms with Crippen molar-refractivity contribution >= 4 is 11.6 Å². The number of carbonyl (C=O) groups is 1. The third-order valence-corrected chi connectivity index (χ3v) is 3.72. The number of nitrogens with zero attached hydrogens (tertiary/aromatic N) is 1. The number of benzene rings is 1. The van der Waals surface area contributed by atoms with Crippen LogP contribution in [0.2, 0.25) is 0 Å². The van der Waals surface area contributed by atoms with Crippen LogP contribution in [-0.2, 0) is 4.79 Å². The predicted octanol–water partition coefficient (Wildman–Crippen LogP) is 3.51. The van der Waals surface area contributed by atoms with E-state index >= 15 is 0 Å². The molecule has 0 spiro atoms. The number of hydrazone groups is 1. The topological polar surface area (TPSA) is 50.7 Å². The van der Waals surface area contributed by atoms with E-state index in [0.29, 0.717) is 0 Å². The lowest BCUT2D eigenvalue weighted by molar-refractivity contribution is -0.123. The highest BCUT2D eigenvalue weighted by atomic mass is 16.5.